The summed E-state index contributed by atoms with van der Waals surface area (Å²) in [6.07, 6.45) is 6.41. The van der Waals surface area contributed by atoms with Gasteiger partial charge >= 0.3 is 0 Å². The number of likely N-dealkylation sites (tertiary alicyclic amines) is 1. The zero-order valence-corrected chi connectivity index (χ0v) is 16.4. The third-order valence-corrected chi connectivity index (χ3v) is 4.20. The molecule has 1 saturated heterocycles. The number of carbonyl (C=O) groups is 1. The van der Waals surface area contributed by atoms with E-state index in [0.29, 0.717) is 18.9 Å². The quantitative estimate of drug-likeness (QED) is 0.421. The smallest absolute Gasteiger partial charge is 0.220 e. The molecule has 130 valence electrons. The maximum absolute atomic E-state index is 11.4. The Hall–Kier alpha value is -1.32. The molecule has 0 spiro atoms. The molecule has 0 atom stereocenters. The average molecular weight is 434 g/mol. The summed E-state index contributed by atoms with van der Waals surface area (Å²) in [7, 11) is 5.48. The van der Waals surface area contributed by atoms with Crippen LogP contribution in [0.2, 0.25) is 0 Å². The normalized spacial score (nSPS) is 16.0. The minimum Gasteiger partial charge on any atom is -0.359 e. The molecule has 1 aliphatic heterocycles. The second kappa shape index (κ2) is 9.74. The monoisotopic (exact) mass is 434 g/mol. The number of rotatable bonds is 4. The lowest BCUT2D eigenvalue weighted by Crippen LogP contribution is -2.46. The predicted octanol–water partition coefficient (Wildman–Crippen LogP) is 0.962. The molecule has 23 heavy (non-hydrogen) atoms. The molecule has 0 bridgehead atoms. The van der Waals surface area contributed by atoms with E-state index in [1.165, 1.54) is 0 Å². The number of hydrogen-bond donors (Lipinski definition) is 2. The number of amides is 1. The number of nitrogens with one attached hydrogen (secondary N) is 2. The second-order valence-corrected chi connectivity index (χ2v) is 5.66. The first-order valence-corrected chi connectivity index (χ1v) is 7.76. The van der Waals surface area contributed by atoms with Crippen LogP contribution < -0.4 is 10.6 Å². The van der Waals surface area contributed by atoms with E-state index in [2.05, 4.69) is 25.5 Å². The number of halogens is 1. The highest BCUT2D eigenvalue weighted by Gasteiger charge is 2.23. The lowest BCUT2D eigenvalue weighted by Gasteiger charge is -2.34. The number of imidazole rings is 1. The zero-order chi connectivity index (χ0) is 15.9. The molecule has 0 aliphatic carbocycles. The zero-order valence-electron chi connectivity index (χ0n) is 14.1. The van der Waals surface area contributed by atoms with Gasteiger partial charge in [0.2, 0.25) is 5.91 Å². The largest absolute Gasteiger partial charge is 0.359 e. The van der Waals surface area contributed by atoms with Gasteiger partial charge in [0.25, 0.3) is 0 Å². The fourth-order valence-corrected chi connectivity index (χ4v) is 2.77. The van der Waals surface area contributed by atoms with E-state index < -0.39 is 0 Å². The first-order valence-electron chi connectivity index (χ1n) is 7.76. The molecule has 2 heterocycles. The van der Waals surface area contributed by atoms with Gasteiger partial charge < -0.3 is 20.1 Å². The summed E-state index contributed by atoms with van der Waals surface area (Å²) in [6, 6.07) is 0. The topological polar surface area (TPSA) is 74.5 Å². The summed E-state index contributed by atoms with van der Waals surface area (Å²) >= 11 is 0. The van der Waals surface area contributed by atoms with Crippen molar-refractivity contribution in [1.82, 2.24) is 25.1 Å². The molecule has 2 rings (SSSR count). The molecule has 1 aromatic heterocycles. The molecule has 2 N–H and O–H groups in total. The van der Waals surface area contributed by atoms with Gasteiger partial charge in [0.15, 0.2) is 5.96 Å². The van der Waals surface area contributed by atoms with E-state index in [4.69, 9.17) is 0 Å². The Balaban J connectivity index is 0.00000264. The molecule has 1 fully saturated rings. The van der Waals surface area contributed by atoms with Crippen molar-refractivity contribution in [2.45, 2.75) is 25.8 Å². The standard InChI is InChI=1S/C15H26N6O.HI/c1-16-14(22)10-12-4-7-21(8-5-12)15(17-2)19-11-13-18-6-9-20(13)3;/h6,9,12H,4-5,7-8,10-11H2,1-3H3,(H,16,22)(H,17,19);1H. The van der Waals surface area contributed by atoms with Gasteiger partial charge in [-0.2, -0.15) is 0 Å². The molecular formula is C15H27IN6O. The average Bonchev–Trinajstić information content (AvgIpc) is 2.94. The van der Waals surface area contributed by atoms with Crippen LogP contribution in [0.1, 0.15) is 25.1 Å². The Morgan fingerprint density at radius 3 is 2.65 bits per heavy atom. The molecule has 1 amide bonds. The van der Waals surface area contributed by atoms with Gasteiger partial charge in [-0.15, -0.1) is 24.0 Å². The third kappa shape index (κ3) is 5.67. The van der Waals surface area contributed by atoms with Gasteiger partial charge in [-0.1, -0.05) is 0 Å². The molecule has 7 nitrogen and oxygen atoms in total. The van der Waals surface area contributed by atoms with Crippen LogP contribution in [0.15, 0.2) is 17.4 Å². The van der Waals surface area contributed by atoms with Crippen LogP contribution in [0.4, 0.5) is 0 Å². The minimum atomic E-state index is 0. The number of aromatic nitrogens is 2. The number of hydrogen-bond acceptors (Lipinski definition) is 3. The Morgan fingerprint density at radius 1 is 1.43 bits per heavy atom. The van der Waals surface area contributed by atoms with Gasteiger partial charge in [0.1, 0.15) is 5.82 Å². The summed E-state index contributed by atoms with van der Waals surface area (Å²) in [4.78, 5) is 22.4. The van der Waals surface area contributed by atoms with Gasteiger partial charge in [0, 0.05) is 53.0 Å². The highest BCUT2D eigenvalue weighted by molar-refractivity contribution is 14.0. The lowest BCUT2D eigenvalue weighted by atomic mass is 9.93. The number of aryl methyl sites for hydroxylation is 1. The highest BCUT2D eigenvalue weighted by Crippen LogP contribution is 2.20. The molecule has 0 unspecified atom stereocenters. The van der Waals surface area contributed by atoms with E-state index in [1.807, 2.05) is 17.8 Å². The number of guanidine groups is 1. The maximum Gasteiger partial charge on any atom is 0.220 e. The van der Waals surface area contributed by atoms with Crippen LogP contribution in [-0.2, 0) is 18.4 Å². The van der Waals surface area contributed by atoms with Crippen LogP contribution in [0.3, 0.4) is 0 Å². The Kier molecular flexibility index (Phi) is 8.35. The Morgan fingerprint density at radius 2 is 2.13 bits per heavy atom. The number of carbonyl (C=O) groups excluding carboxylic acids is 1. The molecule has 0 aromatic carbocycles. The second-order valence-electron chi connectivity index (χ2n) is 5.66. The van der Waals surface area contributed by atoms with Crippen LogP contribution in [0, 0.1) is 5.92 Å². The molecule has 8 heteroatoms. The van der Waals surface area contributed by atoms with Gasteiger partial charge in [-0.3, -0.25) is 9.79 Å². The number of piperidine rings is 1. The molecule has 0 saturated carbocycles. The van der Waals surface area contributed by atoms with Gasteiger partial charge in [-0.25, -0.2) is 4.98 Å². The number of aliphatic imine (C=N–C) groups is 1. The van der Waals surface area contributed by atoms with Crippen molar-refractivity contribution in [2.24, 2.45) is 18.0 Å². The third-order valence-electron chi connectivity index (χ3n) is 4.20. The first-order chi connectivity index (χ1) is 10.6. The molecular weight excluding hydrogens is 407 g/mol. The summed E-state index contributed by atoms with van der Waals surface area (Å²) < 4.78 is 2.00. The molecule has 1 aliphatic rings. The van der Waals surface area contributed by atoms with Crippen molar-refractivity contribution in [2.75, 3.05) is 27.2 Å². The summed E-state index contributed by atoms with van der Waals surface area (Å²) in [5.41, 5.74) is 0. The predicted molar refractivity (Wildman–Crippen MR) is 102 cm³/mol. The fraction of sp³-hybridized carbons (Fsp3) is 0.667. The number of nitrogens with zero attached hydrogens (tertiary/aromatic N) is 4. The van der Waals surface area contributed by atoms with Crippen LogP contribution in [0.5, 0.6) is 0 Å². The highest BCUT2D eigenvalue weighted by atomic mass is 127. The van der Waals surface area contributed by atoms with E-state index in [0.717, 1.165) is 37.7 Å². The lowest BCUT2D eigenvalue weighted by molar-refractivity contribution is -0.121. The SMILES string of the molecule is CN=C(NCc1nccn1C)N1CCC(CC(=O)NC)CC1.I. The molecule has 1 aromatic rings. The van der Waals surface area contributed by atoms with Crippen LogP contribution in [-0.4, -0.2) is 53.5 Å². The van der Waals surface area contributed by atoms with Crippen molar-refractivity contribution < 1.29 is 4.79 Å². The van der Waals surface area contributed by atoms with Crippen molar-refractivity contribution >= 4 is 35.8 Å². The van der Waals surface area contributed by atoms with Crippen molar-refractivity contribution in [3.8, 4) is 0 Å². The van der Waals surface area contributed by atoms with E-state index >= 15 is 0 Å². The van der Waals surface area contributed by atoms with Crippen molar-refractivity contribution in [3.05, 3.63) is 18.2 Å². The van der Waals surface area contributed by atoms with E-state index in [9.17, 15) is 4.79 Å². The summed E-state index contributed by atoms with van der Waals surface area (Å²) in [5, 5.41) is 6.06. The maximum atomic E-state index is 11.4. The Labute approximate surface area is 155 Å². The van der Waals surface area contributed by atoms with E-state index in [1.54, 1.807) is 20.3 Å². The Bertz CT molecular complexity index is 522. The van der Waals surface area contributed by atoms with Crippen molar-refractivity contribution in [1.29, 1.82) is 0 Å². The fourth-order valence-electron chi connectivity index (χ4n) is 2.77. The summed E-state index contributed by atoms with van der Waals surface area (Å²) in [5.74, 6) is 2.50. The van der Waals surface area contributed by atoms with Crippen LogP contribution >= 0.6 is 24.0 Å². The minimum absolute atomic E-state index is 0. The van der Waals surface area contributed by atoms with Crippen LogP contribution in [0.25, 0.3) is 0 Å². The van der Waals surface area contributed by atoms with E-state index in [-0.39, 0.29) is 29.9 Å². The molecule has 0 radical (unpaired) electrons. The van der Waals surface area contributed by atoms with Crippen molar-refractivity contribution in [3.63, 3.8) is 0 Å². The van der Waals surface area contributed by atoms with Gasteiger partial charge in [0.05, 0.1) is 6.54 Å². The van der Waals surface area contributed by atoms with Gasteiger partial charge in [-0.05, 0) is 18.8 Å². The summed E-state index contributed by atoms with van der Waals surface area (Å²) in [6.45, 7) is 2.53. The first kappa shape index (κ1) is 19.7.